The molecule has 0 N–H and O–H groups in total. The largest absolute Gasteiger partial charge is 0.286 e. The van der Waals surface area contributed by atoms with E-state index in [1.807, 2.05) is 0 Å². The molecule has 0 bridgehead atoms. The molecule has 0 spiro atoms. The number of thioether (sulfide) groups is 1. The van der Waals surface area contributed by atoms with Crippen LogP contribution in [-0.4, -0.2) is 31.3 Å². The lowest BCUT2D eigenvalue weighted by molar-refractivity contribution is -0.385. The van der Waals surface area contributed by atoms with Crippen molar-refractivity contribution in [3.05, 3.63) is 84.8 Å². The van der Waals surface area contributed by atoms with Gasteiger partial charge in [0.2, 0.25) is 0 Å². The molecule has 11 heteroatoms. The fourth-order valence-electron chi connectivity index (χ4n) is 2.21. The molecule has 28 heavy (non-hydrogen) atoms. The topological polar surface area (TPSA) is 119 Å². The van der Waals surface area contributed by atoms with Crippen molar-refractivity contribution in [3.8, 4) is 0 Å². The fourth-order valence-corrected chi connectivity index (χ4v) is 3.38. The molecule has 3 rings (SSSR count). The third kappa shape index (κ3) is 4.27. The Kier molecular flexibility index (Phi) is 5.57. The summed E-state index contributed by atoms with van der Waals surface area (Å²) in [6, 6.07) is 11.4. The van der Waals surface area contributed by atoms with Gasteiger partial charge in [0.25, 0.3) is 17.3 Å². The smallest absolute Gasteiger partial charge is 0.266 e. The average Bonchev–Trinajstić information content (AvgIpc) is 2.94. The number of rotatable bonds is 5. The molecule has 1 heterocycles. The van der Waals surface area contributed by atoms with Crippen LogP contribution in [0.4, 0.5) is 11.4 Å². The van der Waals surface area contributed by atoms with E-state index in [2.05, 4.69) is 5.10 Å². The lowest BCUT2D eigenvalue weighted by atomic mass is 10.2. The van der Waals surface area contributed by atoms with E-state index >= 15 is 0 Å². The highest BCUT2D eigenvalue weighted by molar-refractivity contribution is 8.26. The maximum Gasteiger partial charge on any atom is 0.286 e. The predicted octanol–water partition coefficient (Wildman–Crippen LogP) is 3.74. The third-order valence-corrected chi connectivity index (χ3v) is 4.88. The van der Waals surface area contributed by atoms with Gasteiger partial charge in [-0.3, -0.25) is 25.0 Å². The Morgan fingerprint density at radius 2 is 1.43 bits per heavy atom. The molecule has 1 fully saturated rings. The van der Waals surface area contributed by atoms with Gasteiger partial charge in [-0.15, -0.1) is 0 Å². The van der Waals surface area contributed by atoms with Crippen LogP contribution < -0.4 is 0 Å². The third-order valence-electron chi connectivity index (χ3n) is 3.60. The van der Waals surface area contributed by atoms with Crippen LogP contribution in [0.3, 0.4) is 0 Å². The highest BCUT2D eigenvalue weighted by Gasteiger charge is 2.32. The van der Waals surface area contributed by atoms with Gasteiger partial charge in [0.15, 0.2) is 4.32 Å². The van der Waals surface area contributed by atoms with Crippen LogP contribution in [0.15, 0.2) is 58.5 Å². The van der Waals surface area contributed by atoms with E-state index in [-0.39, 0.29) is 15.7 Å². The zero-order valence-electron chi connectivity index (χ0n) is 13.9. The van der Waals surface area contributed by atoms with E-state index in [9.17, 15) is 25.0 Å². The van der Waals surface area contributed by atoms with Crippen molar-refractivity contribution >= 4 is 57.9 Å². The number of nitrogens with zero attached hydrogens (tertiary/aromatic N) is 4. The number of hydrogen-bond acceptors (Lipinski definition) is 8. The van der Waals surface area contributed by atoms with E-state index in [4.69, 9.17) is 12.2 Å². The van der Waals surface area contributed by atoms with Crippen molar-refractivity contribution < 1.29 is 14.6 Å². The maximum absolute atomic E-state index is 12.5. The Hall–Kier alpha value is -3.44. The molecule has 0 atom stereocenters. The molecule has 2 aromatic carbocycles. The van der Waals surface area contributed by atoms with Crippen LogP contribution in [0.1, 0.15) is 11.1 Å². The Labute approximate surface area is 167 Å². The first-order chi connectivity index (χ1) is 13.3. The lowest BCUT2D eigenvalue weighted by Gasteiger charge is -2.05. The van der Waals surface area contributed by atoms with Crippen molar-refractivity contribution in [1.29, 1.82) is 0 Å². The number of non-ortho nitro benzene ring substituents is 2. The van der Waals surface area contributed by atoms with Crippen LogP contribution in [0.25, 0.3) is 6.08 Å². The zero-order chi connectivity index (χ0) is 20.3. The average molecular weight is 414 g/mol. The van der Waals surface area contributed by atoms with Gasteiger partial charge >= 0.3 is 0 Å². The monoisotopic (exact) mass is 414 g/mol. The molecular formula is C17H10N4O5S2. The zero-order valence-corrected chi connectivity index (χ0v) is 15.6. The van der Waals surface area contributed by atoms with Gasteiger partial charge in [0.1, 0.15) is 0 Å². The number of thiocarbonyl (C=S) groups is 1. The van der Waals surface area contributed by atoms with Crippen LogP contribution >= 0.6 is 24.0 Å². The van der Waals surface area contributed by atoms with Gasteiger partial charge in [0, 0.05) is 24.3 Å². The van der Waals surface area contributed by atoms with E-state index < -0.39 is 15.8 Å². The quantitative estimate of drug-likeness (QED) is 0.240. The predicted molar refractivity (Wildman–Crippen MR) is 109 cm³/mol. The van der Waals surface area contributed by atoms with Crippen LogP contribution in [0.5, 0.6) is 0 Å². The van der Waals surface area contributed by atoms with E-state index in [0.717, 1.165) is 16.8 Å². The minimum absolute atomic E-state index is 0.0441. The van der Waals surface area contributed by atoms with Gasteiger partial charge in [0.05, 0.1) is 21.0 Å². The van der Waals surface area contributed by atoms with E-state index in [1.54, 1.807) is 6.08 Å². The number of nitro benzene ring substituents is 2. The number of nitro groups is 2. The maximum atomic E-state index is 12.5. The summed E-state index contributed by atoms with van der Waals surface area (Å²) in [7, 11) is 0. The van der Waals surface area contributed by atoms with E-state index in [1.165, 1.54) is 54.7 Å². The summed E-state index contributed by atoms with van der Waals surface area (Å²) >= 11 is 6.23. The lowest BCUT2D eigenvalue weighted by Crippen LogP contribution is -2.22. The van der Waals surface area contributed by atoms with Crippen molar-refractivity contribution in [2.24, 2.45) is 5.10 Å². The summed E-state index contributed by atoms with van der Waals surface area (Å²) in [6.45, 7) is 0. The van der Waals surface area contributed by atoms with Gasteiger partial charge in [-0.1, -0.05) is 11.8 Å². The van der Waals surface area contributed by atoms with Gasteiger partial charge in [-0.05, 0) is 53.7 Å². The number of amides is 1. The summed E-state index contributed by atoms with van der Waals surface area (Å²) < 4.78 is 0.233. The molecule has 2 aromatic rings. The molecule has 0 unspecified atom stereocenters. The summed E-state index contributed by atoms with van der Waals surface area (Å²) in [5.41, 5.74) is 1.09. The summed E-state index contributed by atoms with van der Waals surface area (Å²) in [5, 5.41) is 26.5. The standard InChI is InChI=1S/C17H10N4O5S2/c22-16-15(9-11-1-5-13(6-2-11)20(23)24)28-17(27)19(16)18-10-12-3-7-14(8-4-12)21(25)26/h1-10H/b15-9+,18-10?. The summed E-state index contributed by atoms with van der Waals surface area (Å²) in [5.74, 6) is -0.425. The van der Waals surface area contributed by atoms with Crippen LogP contribution in [-0.2, 0) is 4.79 Å². The normalized spacial score (nSPS) is 15.6. The molecule has 1 aliphatic rings. The highest BCUT2D eigenvalue weighted by atomic mass is 32.2. The van der Waals surface area contributed by atoms with Gasteiger partial charge in [-0.2, -0.15) is 10.1 Å². The summed E-state index contributed by atoms with van der Waals surface area (Å²) in [6.07, 6.45) is 2.95. The minimum atomic E-state index is -0.508. The van der Waals surface area contributed by atoms with Crippen molar-refractivity contribution in [3.63, 3.8) is 0 Å². The molecule has 1 saturated heterocycles. The first-order valence-electron chi connectivity index (χ1n) is 7.66. The number of benzene rings is 2. The SMILES string of the molecule is O=C1/C(=C\c2ccc([N+](=O)[O-])cc2)SC(=S)N1N=Cc1ccc([N+](=O)[O-])cc1. The van der Waals surface area contributed by atoms with E-state index in [0.29, 0.717) is 16.0 Å². The van der Waals surface area contributed by atoms with Crippen LogP contribution in [0, 0.1) is 20.2 Å². The molecule has 1 amide bonds. The first kappa shape index (κ1) is 19.3. The van der Waals surface area contributed by atoms with Gasteiger partial charge < -0.3 is 0 Å². The molecule has 9 nitrogen and oxygen atoms in total. The number of carbonyl (C=O) groups is 1. The second kappa shape index (κ2) is 8.06. The molecular weight excluding hydrogens is 404 g/mol. The molecule has 0 aliphatic carbocycles. The van der Waals surface area contributed by atoms with Gasteiger partial charge in [-0.25, -0.2) is 0 Å². The Morgan fingerprint density at radius 1 is 0.929 bits per heavy atom. The molecule has 0 aromatic heterocycles. The number of carbonyl (C=O) groups excluding carboxylic acids is 1. The number of hydrazone groups is 1. The Bertz CT molecular complexity index is 1030. The Morgan fingerprint density at radius 3 is 1.93 bits per heavy atom. The molecule has 140 valence electrons. The molecule has 0 saturated carbocycles. The second-order valence-electron chi connectivity index (χ2n) is 5.44. The molecule has 1 aliphatic heterocycles. The highest BCUT2D eigenvalue weighted by Crippen LogP contribution is 2.33. The number of hydrogen-bond donors (Lipinski definition) is 0. The first-order valence-corrected chi connectivity index (χ1v) is 8.88. The Balaban J connectivity index is 1.75. The summed E-state index contributed by atoms with van der Waals surface area (Å²) in [4.78, 5) is 33.2. The fraction of sp³-hybridized carbons (Fsp3) is 0. The minimum Gasteiger partial charge on any atom is -0.266 e. The van der Waals surface area contributed by atoms with Crippen LogP contribution in [0.2, 0.25) is 0 Å². The van der Waals surface area contributed by atoms with Crippen molar-refractivity contribution in [2.45, 2.75) is 0 Å². The second-order valence-corrected chi connectivity index (χ2v) is 7.11. The van der Waals surface area contributed by atoms with Crippen molar-refractivity contribution in [1.82, 2.24) is 5.01 Å². The van der Waals surface area contributed by atoms with Crippen molar-refractivity contribution in [2.75, 3.05) is 0 Å². The molecule has 0 radical (unpaired) electrons.